The lowest BCUT2D eigenvalue weighted by molar-refractivity contribution is 0.765. The lowest BCUT2D eigenvalue weighted by Gasteiger charge is -2.27. The Labute approximate surface area is 438 Å². The van der Waals surface area contributed by atoms with Gasteiger partial charge in [-0.1, -0.05) is 238 Å². The van der Waals surface area contributed by atoms with E-state index in [0.29, 0.717) is 0 Å². The summed E-state index contributed by atoms with van der Waals surface area (Å²) in [4.78, 5) is 5.30. The van der Waals surface area contributed by atoms with Crippen LogP contribution in [0.4, 0.5) is 0 Å². The first-order valence-electron chi connectivity index (χ1n) is 25.8. The summed E-state index contributed by atoms with van der Waals surface area (Å²) in [5, 5.41) is 3.71. The van der Waals surface area contributed by atoms with Crippen LogP contribution in [0.15, 0.2) is 253 Å². The van der Waals surface area contributed by atoms with Crippen molar-refractivity contribution in [3.8, 4) is 34.6 Å². The number of benzene rings is 6. The Kier molecular flexibility index (Phi) is 21.2. The van der Waals surface area contributed by atoms with Gasteiger partial charge >= 0.3 is 0 Å². The summed E-state index contributed by atoms with van der Waals surface area (Å²) in [6.07, 6.45) is 38.3. The predicted molar refractivity (Wildman–Crippen MR) is 321 cm³/mol. The zero-order valence-corrected chi connectivity index (χ0v) is 44.0. The summed E-state index contributed by atoms with van der Waals surface area (Å²) in [6.45, 7) is 18.2. The normalized spacial score (nSPS) is 16.0. The van der Waals surface area contributed by atoms with Crippen LogP contribution in [0.5, 0.6) is 0 Å². The average molecular weight is 953 g/mol. The second-order valence-corrected chi connectivity index (χ2v) is 18.0. The molecule has 0 radical (unpaired) electrons. The van der Waals surface area contributed by atoms with Gasteiger partial charge in [-0.3, -0.25) is 4.99 Å². The molecule has 2 nitrogen and oxygen atoms in total. The number of aryl methyl sites for hydroxylation is 2. The fraction of sp³-hybridized carbons (Fsp3) is 0.169. The van der Waals surface area contributed by atoms with Crippen molar-refractivity contribution < 1.29 is 0 Å². The Hall–Kier alpha value is -8.25. The van der Waals surface area contributed by atoms with Crippen LogP contribution < -0.4 is 5.32 Å². The van der Waals surface area contributed by atoms with E-state index < -0.39 is 0 Å². The number of allylic oxidation sites excluding steroid dienone is 14. The summed E-state index contributed by atoms with van der Waals surface area (Å²) in [5.74, 6) is 3.61. The number of nitrogens with zero attached hydrogens (tertiary/aromatic N) is 1. The summed E-state index contributed by atoms with van der Waals surface area (Å²) < 4.78 is 0. The number of hydrogen-bond acceptors (Lipinski definition) is 2. The predicted octanol–water partition coefficient (Wildman–Crippen LogP) is 19.1. The minimum Gasteiger partial charge on any atom is -0.343 e. The fourth-order valence-corrected chi connectivity index (χ4v) is 8.68. The van der Waals surface area contributed by atoms with Crippen molar-refractivity contribution in [1.29, 1.82) is 0 Å². The first-order chi connectivity index (χ1) is 35.7. The molecular weight excluding hydrogens is 881 g/mol. The summed E-state index contributed by atoms with van der Waals surface area (Å²) in [6, 6.07) is 54.3. The molecule has 0 saturated heterocycles. The lowest BCUT2D eigenvalue weighted by Crippen LogP contribution is -2.34. The first-order valence-corrected chi connectivity index (χ1v) is 25.8. The van der Waals surface area contributed by atoms with Crippen LogP contribution in [0.25, 0.3) is 45.0 Å². The molecule has 73 heavy (non-hydrogen) atoms. The van der Waals surface area contributed by atoms with Crippen molar-refractivity contribution in [2.24, 2.45) is 10.9 Å². The third-order valence-electron chi connectivity index (χ3n) is 12.6. The van der Waals surface area contributed by atoms with Crippen LogP contribution in [0, 0.1) is 32.1 Å². The Balaban J connectivity index is 0.000000439. The zero-order chi connectivity index (χ0) is 51.8. The number of terminal acetylenes is 1. The summed E-state index contributed by atoms with van der Waals surface area (Å²) in [5.41, 5.74) is 19.1. The molecule has 2 atom stereocenters. The van der Waals surface area contributed by atoms with Crippen molar-refractivity contribution >= 4 is 28.6 Å². The number of rotatable bonds is 11. The fourth-order valence-electron chi connectivity index (χ4n) is 8.68. The van der Waals surface area contributed by atoms with E-state index in [-0.39, 0.29) is 12.0 Å². The van der Waals surface area contributed by atoms with Crippen LogP contribution in [0.3, 0.4) is 0 Å². The highest BCUT2D eigenvalue weighted by Crippen LogP contribution is 2.35. The summed E-state index contributed by atoms with van der Waals surface area (Å²) >= 11 is 0. The molecule has 0 aromatic heterocycles. The number of hydrogen-bond donors (Lipinski definition) is 1. The van der Waals surface area contributed by atoms with E-state index in [4.69, 9.17) is 11.4 Å². The van der Waals surface area contributed by atoms with Gasteiger partial charge in [0.2, 0.25) is 0 Å². The molecule has 9 rings (SSSR count). The van der Waals surface area contributed by atoms with Crippen molar-refractivity contribution in [3.63, 3.8) is 0 Å². The summed E-state index contributed by atoms with van der Waals surface area (Å²) in [7, 11) is 0. The van der Waals surface area contributed by atoms with Crippen molar-refractivity contribution in [1.82, 2.24) is 5.32 Å². The van der Waals surface area contributed by atoms with Crippen molar-refractivity contribution in [2.75, 3.05) is 0 Å². The van der Waals surface area contributed by atoms with Gasteiger partial charge in [-0.05, 0) is 163 Å². The van der Waals surface area contributed by atoms with E-state index in [9.17, 15) is 0 Å². The van der Waals surface area contributed by atoms with Gasteiger partial charge < -0.3 is 5.32 Å². The monoisotopic (exact) mass is 953 g/mol. The van der Waals surface area contributed by atoms with Gasteiger partial charge in [0.15, 0.2) is 0 Å². The molecule has 2 heteroatoms. The van der Waals surface area contributed by atoms with Crippen molar-refractivity contribution in [3.05, 3.63) is 287 Å². The van der Waals surface area contributed by atoms with Crippen LogP contribution in [0.1, 0.15) is 98.9 Å². The van der Waals surface area contributed by atoms with Gasteiger partial charge in [0.05, 0.1) is 6.04 Å². The molecule has 0 amide bonds. The van der Waals surface area contributed by atoms with E-state index in [1.54, 1.807) is 6.08 Å². The Bertz CT molecular complexity index is 3060. The van der Waals surface area contributed by atoms with Gasteiger partial charge in [0.1, 0.15) is 5.84 Å². The second kappa shape index (κ2) is 28.6. The van der Waals surface area contributed by atoms with Crippen LogP contribution >= 0.6 is 0 Å². The van der Waals surface area contributed by atoms with Gasteiger partial charge in [-0.2, -0.15) is 0 Å². The largest absolute Gasteiger partial charge is 0.343 e. The molecule has 0 saturated carbocycles. The van der Waals surface area contributed by atoms with E-state index in [0.717, 1.165) is 53.1 Å². The van der Waals surface area contributed by atoms with E-state index in [2.05, 4.69) is 251 Å². The van der Waals surface area contributed by atoms with E-state index in [1.165, 1.54) is 61.2 Å². The molecule has 6 aromatic rings. The van der Waals surface area contributed by atoms with Crippen LogP contribution in [0.2, 0.25) is 0 Å². The number of nitrogens with one attached hydrogen (secondary N) is 1. The first kappa shape index (κ1) is 54.1. The maximum absolute atomic E-state index is 5.30. The smallest absolute Gasteiger partial charge is 0.109 e. The quantitative estimate of drug-likeness (QED) is 0.102. The molecule has 6 aromatic carbocycles. The highest BCUT2D eigenvalue weighted by atomic mass is 15.0. The molecule has 3 aliphatic rings. The van der Waals surface area contributed by atoms with Gasteiger partial charge in [0.25, 0.3) is 0 Å². The average Bonchev–Trinajstić information content (AvgIpc) is 3.45. The standard InChI is InChI=1S/C54H48N2.C10H12.C5H6.C2H6/c1-3-41(49-35-50(42-16-8-4-9-17-42)37-51(36-49)43-18-10-5-11-19-43)34-48(29-28-40-26-24-39(2)25-27-40)44-30-32-46(33-31-44)53-38-52(45-20-12-6-13-21-45)55-54(56-53)47-22-14-7-15-23-47;1-8(2)10-7-5-4-6-9(10)3;1-3-5-4-2;1-2/h3-5,7-12,14-22,24-38,47,53H,6,13,23H2,1-2H3,(H,55,56);4-7H,1H2,2-3H3;1,4-5H,2H3;1-2H3/b29-28?,41-3+,48-34+;;5-4-;. The second-order valence-electron chi connectivity index (χ2n) is 18.0. The SMILES string of the molecule is C#C/C=C\C.C/C=C(\C=C(/C=Cc1ccc(C)cc1)c1ccc(C2C=C(C3=CCCC=C3)NC(C3C=CC=CC3)=N2)cc1)c1cc(-c2ccccc2)cc(-c2ccccc2)c1.C=C(C)c1ccccc1C.CC. The Morgan fingerprint density at radius 2 is 1.37 bits per heavy atom. The molecule has 366 valence electrons. The highest BCUT2D eigenvalue weighted by Gasteiger charge is 2.23. The third kappa shape index (κ3) is 15.9. The maximum atomic E-state index is 5.30. The molecule has 0 bridgehead atoms. The number of aliphatic imine (C=N–C) groups is 1. The molecule has 2 aliphatic carbocycles. The molecular formula is C71H72N2. The zero-order valence-electron chi connectivity index (χ0n) is 44.0. The van der Waals surface area contributed by atoms with Crippen LogP contribution in [-0.4, -0.2) is 5.84 Å². The molecule has 0 spiro atoms. The Morgan fingerprint density at radius 1 is 0.712 bits per heavy atom. The lowest BCUT2D eigenvalue weighted by atomic mass is 9.91. The Morgan fingerprint density at radius 3 is 1.90 bits per heavy atom. The van der Waals surface area contributed by atoms with Crippen LogP contribution in [-0.2, 0) is 0 Å². The molecule has 1 aliphatic heterocycles. The topological polar surface area (TPSA) is 24.4 Å². The highest BCUT2D eigenvalue weighted by molar-refractivity contribution is 5.92. The third-order valence-corrected chi connectivity index (χ3v) is 12.6. The van der Waals surface area contributed by atoms with Crippen molar-refractivity contribution in [2.45, 2.75) is 73.8 Å². The van der Waals surface area contributed by atoms with Gasteiger partial charge in [-0.15, -0.1) is 6.42 Å². The maximum Gasteiger partial charge on any atom is 0.109 e. The van der Waals surface area contributed by atoms with E-state index >= 15 is 0 Å². The molecule has 2 unspecified atom stereocenters. The van der Waals surface area contributed by atoms with Gasteiger partial charge in [0, 0.05) is 11.6 Å². The van der Waals surface area contributed by atoms with E-state index in [1.807, 2.05) is 45.9 Å². The van der Waals surface area contributed by atoms with Gasteiger partial charge in [-0.25, -0.2) is 0 Å². The molecule has 0 fully saturated rings. The minimum atomic E-state index is -0.0791. The minimum absolute atomic E-state index is 0.0791. The molecule has 1 heterocycles. The number of amidine groups is 1. The molecule has 1 N–H and O–H groups in total.